The normalized spacial score (nSPS) is 24.6. The van der Waals surface area contributed by atoms with Gasteiger partial charge in [-0.25, -0.2) is 28.7 Å². The highest BCUT2D eigenvalue weighted by Gasteiger charge is 2.45. The van der Waals surface area contributed by atoms with Crippen LogP contribution in [-0.4, -0.2) is 173 Å². The predicted molar refractivity (Wildman–Crippen MR) is 414 cm³/mol. The van der Waals surface area contributed by atoms with Gasteiger partial charge in [-0.1, -0.05) is 115 Å². The first-order chi connectivity index (χ1) is 50.3. The number of nitrogens with zero attached hydrogens (tertiary/aromatic N) is 6. The lowest BCUT2D eigenvalue weighted by Crippen LogP contribution is -2.37. The second-order valence-electron chi connectivity index (χ2n) is 25.8. The van der Waals surface area contributed by atoms with Gasteiger partial charge in [0.25, 0.3) is 0 Å². The molecule has 3 aromatic rings. The van der Waals surface area contributed by atoms with Crippen LogP contribution in [0.1, 0.15) is 94.4 Å². The highest BCUT2D eigenvalue weighted by Crippen LogP contribution is 2.51. The Morgan fingerprint density at radius 2 is 0.792 bits per heavy atom. The van der Waals surface area contributed by atoms with Crippen LogP contribution in [0, 0.1) is 11.8 Å². The molecule has 9 rings (SSSR count). The largest absolute Gasteiger partial charge is 0.464 e. The highest BCUT2D eigenvalue weighted by atomic mass is 32.2. The molecule has 3 aromatic carbocycles. The van der Waals surface area contributed by atoms with E-state index in [9.17, 15) is 43.4 Å². The first-order valence-electron chi connectivity index (χ1n) is 34.6. The fraction of sp³-hybridized carbons (Fsp3) is 0.486. The number of ether oxygens (including phenoxy) is 3. The zero-order valence-electron chi connectivity index (χ0n) is 60.9. The molecule has 582 valence electrons. The van der Waals surface area contributed by atoms with Gasteiger partial charge in [0.05, 0.1) is 89.3 Å². The molecule has 3 fully saturated rings. The Bertz CT molecular complexity index is 3790. The number of aliphatic hydroxyl groups excluding tert-OH is 3. The maximum absolute atomic E-state index is 13.8. The van der Waals surface area contributed by atoms with Gasteiger partial charge in [0, 0.05) is 37.9 Å². The molecular formula is C70H101N12O18P3S3. The lowest BCUT2D eigenvalue weighted by atomic mass is 10.1. The maximum atomic E-state index is 13.8. The van der Waals surface area contributed by atoms with Crippen LogP contribution in [0.3, 0.4) is 0 Å². The monoisotopic (exact) mass is 1590 g/mol. The smallest absolute Gasteiger partial charge is 0.459 e. The van der Waals surface area contributed by atoms with Crippen molar-refractivity contribution in [1.29, 1.82) is 0 Å². The van der Waals surface area contributed by atoms with Crippen LogP contribution in [0.15, 0.2) is 180 Å². The van der Waals surface area contributed by atoms with Gasteiger partial charge in [0.1, 0.15) is 70.3 Å². The number of nitrogens with one attached hydrogen (secondary N) is 3. The van der Waals surface area contributed by atoms with E-state index in [4.69, 9.17) is 58.6 Å². The summed E-state index contributed by atoms with van der Waals surface area (Å²) in [6.45, 7) is 28.0. The molecule has 0 bridgehead atoms. The summed E-state index contributed by atoms with van der Waals surface area (Å²) in [5.41, 5.74) is 17.1. The van der Waals surface area contributed by atoms with Gasteiger partial charge in [0.2, 0.25) is 0 Å². The van der Waals surface area contributed by atoms with Crippen molar-refractivity contribution in [2.24, 2.45) is 44.0 Å². The molecule has 0 amide bonds. The van der Waals surface area contributed by atoms with E-state index in [-0.39, 0.29) is 60.5 Å². The fourth-order valence-corrected chi connectivity index (χ4v) is 19.7. The number of esters is 3. The van der Waals surface area contributed by atoms with Crippen molar-refractivity contribution in [2.75, 3.05) is 33.0 Å². The van der Waals surface area contributed by atoms with Crippen LogP contribution in [0.25, 0.3) is 0 Å². The Labute approximate surface area is 633 Å². The van der Waals surface area contributed by atoms with E-state index in [1.807, 2.05) is 42.4 Å². The average Bonchev–Trinajstić information content (AvgIpc) is 1.71. The first-order valence-corrected chi connectivity index (χ1v) is 42.1. The van der Waals surface area contributed by atoms with E-state index in [1.165, 1.54) is 49.1 Å². The standard InChI is InChI=1S/C25H37N4O6PS.C23H33N4O6PS.C22H31N4O6PS/c1-5-19(6-2)15-33-25(31)17(3)28-36(32,35-20-10-8-7-9-11-20)34-16-22-21(30)14-24(37-22)29-13-12-23(26)27-18(29)4;1-15(2)13-31-23(29)16(3)26-34(30,33-18-8-6-5-7-9-18)32-14-20-19(28)12-22(35-20)27-11-10-21(24)25-17(27)4;1-14(2)31-22(28)15(3)25-33(29,32-17-8-6-5-7-9-17)30-13-19-18(27)12-21(34-19)26-11-10-20(23)24-16(26)4/h7-13,17,19,21-22,24,30H,4-6,14-16H2,1-3H3,(H2,26,27)(H,28,32);5-11,15-16,19-20,22,28H,4,12-14H2,1-3H3,(H2,24,25)(H,26,30);5-11,14-15,18-19,21,27H,4,12-13H2,1-3H3,(H2,23,24)(H,25,29)/t17-,21+,22+,24+,36?;16-,19+,20+,22+,34?;15-,18+,19+,21+,33?/m000/s1. The number of nitrogens with two attached hydrogens (primary N) is 3. The molecule has 0 radical (unpaired) electrons. The molecule has 6 aliphatic rings. The van der Waals surface area contributed by atoms with Gasteiger partial charge in [-0.15, -0.1) is 35.3 Å². The minimum Gasteiger partial charge on any atom is -0.464 e. The van der Waals surface area contributed by atoms with Crippen LogP contribution in [-0.2, 0) is 55.9 Å². The summed E-state index contributed by atoms with van der Waals surface area (Å²) in [5, 5.41) is 38.3. The molecule has 0 saturated carbocycles. The van der Waals surface area contributed by atoms with Crippen molar-refractivity contribution < 1.29 is 84.8 Å². The van der Waals surface area contributed by atoms with Crippen LogP contribution < -0.4 is 46.0 Å². The van der Waals surface area contributed by atoms with E-state index >= 15 is 0 Å². The summed E-state index contributed by atoms with van der Waals surface area (Å²) in [6.07, 6.45) is 10.9. The van der Waals surface area contributed by atoms with Gasteiger partial charge < -0.3 is 75.0 Å². The molecule has 12 N–H and O–H groups in total. The van der Waals surface area contributed by atoms with E-state index < -0.39 is 93.3 Å². The third-order valence-electron chi connectivity index (χ3n) is 16.2. The number of aliphatic imine (C=N–C) groups is 3. The number of amidine groups is 3. The lowest BCUT2D eigenvalue weighted by Gasteiger charge is -2.28. The minimum atomic E-state index is -4.02. The van der Waals surface area contributed by atoms with Crippen LogP contribution in [0.5, 0.6) is 17.2 Å². The minimum absolute atomic E-state index is 0.0790. The molecule has 6 heterocycles. The molecule has 36 heteroatoms. The Hall–Kier alpha value is -6.90. The third kappa shape index (κ3) is 27.0. The third-order valence-corrected chi connectivity index (χ3v) is 25.7. The van der Waals surface area contributed by atoms with Crippen molar-refractivity contribution in [2.45, 2.75) is 169 Å². The van der Waals surface area contributed by atoms with E-state index in [1.54, 1.807) is 149 Å². The van der Waals surface area contributed by atoms with Gasteiger partial charge in [-0.3, -0.25) is 28.0 Å². The van der Waals surface area contributed by atoms with Gasteiger partial charge in [0.15, 0.2) is 0 Å². The SMILES string of the molecule is C=C1N=C(N)C=CN1[C@H]1C[C@@H](O)[C@@H](COP(=O)(N[C@@H](C)C(=O)OC(C)C)Oc2ccccc2)S1.C=C1N=C(N)C=CN1[C@H]1C[C@@H](O)[C@@H](COP(=O)(N[C@@H](C)C(=O)OCC(C)C)Oc2ccccc2)S1.C=C1N=C(N)C=CN1[C@H]1C[C@@H](O)[C@@H](COP(=O)(N[C@@H](C)C(=O)OCC(CC)CC)Oc2ccccc2)S1. The lowest BCUT2D eigenvalue weighted by molar-refractivity contribution is -0.149. The molecular weight excluding hydrogens is 1490 g/mol. The number of rotatable bonds is 34. The summed E-state index contributed by atoms with van der Waals surface area (Å²) in [4.78, 5) is 55.2. The second-order valence-corrected chi connectivity index (χ2v) is 35.1. The van der Waals surface area contributed by atoms with Crippen molar-refractivity contribution in [1.82, 2.24) is 30.0 Å². The number of hydrogen-bond donors (Lipinski definition) is 9. The van der Waals surface area contributed by atoms with Gasteiger partial charge >= 0.3 is 41.1 Å². The van der Waals surface area contributed by atoms with Gasteiger partial charge in [-0.2, -0.15) is 15.3 Å². The molecule has 0 aliphatic carbocycles. The van der Waals surface area contributed by atoms with E-state index in [2.05, 4.69) is 50.0 Å². The Morgan fingerprint density at radius 1 is 0.500 bits per heavy atom. The highest BCUT2D eigenvalue weighted by molar-refractivity contribution is 8.01. The predicted octanol–water partition coefficient (Wildman–Crippen LogP) is 10.2. The first kappa shape index (κ1) is 86.3. The van der Waals surface area contributed by atoms with E-state index in [0.717, 1.165) is 12.8 Å². The Morgan fingerprint density at radius 3 is 1.07 bits per heavy atom. The number of hydrogen-bond acceptors (Lipinski definition) is 30. The molecule has 15 atom stereocenters. The Balaban J connectivity index is 0.000000222. The van der Waals surface area contributed by atoms with Crippen LogP contribution in [0.4, 0.5) is 0 Å². The Kier molecular flexibility index (Phi) is 33.4. The molecule has 30 nitrogen and oxygen atoms in total. The molecule has 6 aliphatic heterocycles. The van der Waals surface area contributed by atoms with Crippen LogP contribution >= 0.6 is 58.5 Å². The van der Waals surface area contributed by atoms with Gasteiger partial charge in [-0.05, 0) is 101 Å². The zero-order chi connectivity index (χ0) is 77.5. The van der Waals surface area contributed by atoms with Crippen molar-refractivity contribution in [3.8, 4) is 17.2 Å². The fourth-order valence-electron chi connectivity index (χ4n) is 10.4. The number of para-hydroxylation sites is 3. The number of carbonyl (C=O) groups excluding carboxylic acids is 3. The molecule has 106 heavy (non-hydrogen) atoms. The summed E-state index contributed by atoms with van der Waals surface area (Å²) in [6, 6.07) is 22.8. The molecule has 3 saturated heterocycles. The van der Waals surface area contributed by atoms with Crippen molar-refractivity contribution >= 4 is 93.9 Å². The topological polar surface area (TPSA) is 407 Å². The molecule has 0 spiro atoms. The number of benzene rings is 3. The van der Waals surface area contributed by atoms with Crippen molar-refractivity contribution in [3.63, 3.8) is 0 Å². The number of thioether (sulfide) groups is 3. The average molecular weight is 1590 g/mol. The summed E-state index contributed by atoms with van der Waals surface area (Å²) < 4.78 is 91.1. The summed E-state index contributed by atoms with van der Waals surface area (Å²) in [5.74, 6) is 2.20. The number of aliphatic hydroxyl groups is 3. The molecule has 3 unspecified atom stereocenters. The maximum Gasteiger partial charge on any atom is 0.459 e. The quantitative estimate of drug-likeness (QED) is 0.0152. The zero-order valence-corrected chi connectivity index (χ0v) is 66.1. The van der Waals surface area contributed by atoms with Crippen molar-refractivity contribution in [3.05, 3.63) is 165 Å². The summed E-state index contributed by atoms with van der Waals surface area (Å²) in [7, 11) is -12.0. The molecule has 0 aromatic heterocycles. The second kappa shape index (κ2) is 41.1. The summed E-state index contributed by atoms with van der Waals surface area (Å²) >= 11 is 4.34. The number of carbonyl (C=O) groups is 3. The van der Waals surface area contributed by atoms with E-state index in [0.29, 0.717) is 78.1 Å². The van der Waals surface area contributed by atoms with Crippen LogP contribution in [0.2, 0.25) is 0 Å².